The fourth-order valence-electron chi connectivity index (χ4n) is 3.66. The Hall–Kier alpha value is -2.79. The number of unbranched alkanes of at least 4 members (excludes halogenated alkanes) is 3. The topological polar surface area (TPSA) is 52.1 Å². The van der Waals surface area contributed by atoms with Gasteiger partial charge in [-0.2, -0.15) is 0 Å². The van der Waals surface area contributed by atoms with Gasteiger partial charge in [0.25, 0.3) is 0 Å². The first-order valence-corrected chi connectivity index (χ1v) is 12.0. The summed E-state index contributed by atoms with van der Waals surface area (Å²) in [6, 6.07) is 14.5. The molecular weight excluding hydrogens is 412 g/mol. The minimum atomic E-state index is 0.595. The molecule has 0 aliphatic heterocycles. The Morgan fingerprint density at radius 1 is 0.970 bits per heavy atom. The normalized spacial score (nSPS) is 11.7. The molecule has 5 heteroatoms. The molecule has 33 heavy (non-hydrogen) atoms. The second-order valence-corrected chi connectivity index (χ2v) is 8.21. The van der Waals surface area contributed by atoms with E-state index in [0.717, 1.165) is 73.7 Å². The second-order valence-electron chi connectivity index (χ2n) is 8.21. The Morgan fingerprint density at radius 3 is 2.39 bits per heavy atom. The number of aryl methyl sites for hydroxylation is 2. The Balaban J connectivity index is 1.59. The maximum atomic E-state index is 6.08. The lowest BCUT2D eigenvalue weighted by Crippen LogP contribution is -2.25. The largest absolute Gasteiger partial charge is 0.493 e. The number of allylic oxidation sites excluding steroid dienone is 1. The summed E-state index contributed by atoms with van der Waals surface area (Å²) in [6.45, 7) is 9.22. The van der Waals surface area contributed by atoms with Gasteiger partial charge >= 0.3 is 0 Å². The molecule has 180 valence electrons. The zero-order valence-electron chi connectivity index (χ0n) is 20.7. The number of hydrogen-bond donors (Lipinski definition) is 1. The highest BCUT2D eigenvalue weighted by Gasteiger charge is 2.07. The number of nitrogens with zero attached hydrogens (tertiary/aromatic N) is 1. The van der Waals surface area contributed by atoms with E-state index in [1.165, 1.54) is 12.0 Å². The summed E-state index contributed by atoms with van der Waals surface area (Å²) in [6.07, 6.45) is 9.34. The molecule has 0 unspecified atom stereocenters. The zero-order chi connectivity index (χ0) is 23.7. The van der Waals surface area contributed by atoms with Crippen molar-refractivity contribution < 1.29 is 14.3 Å². The third-order valence-corrected chi connectivity index (χ3v) is 5.31. The van der Waals surface area contributed by atoms with Gasteiger partial charge in [-0.25, -0.2) is 0 Å². The maximum absolute atomic E-state index is 6.08. The fraction of sp³-hybridized carbons (Fsp3) is 0.464. The number of oxime groups is 1. The van der Waals surface area contributed by atoms with E-state index in [1.54, 1.807) is 7.11 Å². The minimum absolute atomic E-state index is 0.595. The van der Waals surface area contributed by atoms with Gasteiger partial charge in [0.1, 0.15) is 25.2 Å². The molecule has 0 fully saturated rings. The smallest absolute Gasteiger partial charge is 0.125 e. The SMILES string of the molecule is C/C=C/COc1cc(C)c(OCCCCCCNCC(Cc2ccccc2)=NOC)c(C)c1. The summed E-state index contributed by atoms with van der Waals surface area (Å²) >= 11 is 0. The quantitative estimate of drug-likeness (QED) is 0.146. The average molecular weight is 453 g/mol. The predicted octanol–water partition coefficient (Wildman–Crippen LogP) is 6.03. The van der Waals surface area contributed by atoms with E-state index >= 15 is 0 Å². The van der Waals surface area contributed by atoms with Crippen LogP contribution in [0, 0.1) is 13.8 Å². The third-order valence-electron chi connectivity index (χ3n) is 5.31. The van der Waals surface area contributed by atoms with Gasteiger partial charge in [-0.05, 0) is 69.0 Å². The standard InChI is InChI=1S/C28H40N2O3/c1-5-6-17-32-27-19-23(2)28(24(3)20-27)33-18-13-8-7-12-16-29-22-26(30-31-4)21-25-14-10-9-11-15-25/h5-6,9-11,14-15,19-20,29H,7-8,12-13,16-18,21-22H2,1-4H3/b6-5+,30-26?. The van der Waals surface area contributed by atoms with E-state index in [0.29, 0.717) is 6.61 Å². The van der Waals surface area contributed by atoms with E-state index in [9.17, 15) is 0 Å². The average Bonchev–Trinajstić information content (AvgIpc) is 2.80. The zero-order valence-corrected chi connectivity index (χ0v) is 20.7. The first-order chi connectivity index (χ1) is 16.1. The highest BCUT2D eigenvalue weighted by molar-refractivity contribution is 5.87. The Morgan fingerprint density at radius 2 is 1.70 bits per heavy atom. The molecule has 5 nitrogen and oxygen atoms in total. The van der Waals surface area contributed by atoms with Gasteiger partial charge in [0.15, 0.2) is 0 Å². The van der Waals surface area contributed by atoms with Crippen molar-refractivity contribution in [3.63, 3.8) is 0 Å². The van der Waals surface area contributed by atoms with Gasteiger partial charge in [-0.1, -0.05) is 60.5 Å². The maximum Gasteiger partial charge on any atom is 0.125 e. The summed E-state index contributed by atoms with van der Waals surface area (Å²) in [5, 5.41) is 7.66. The van der Waals surface area contributed by atoms with Crippen molar-refractivity contribution in [2.75, 3.05) is 33.4 Å². The summed E-state index contributed by atoms with van der Waals surface area (Å²) in [7, 11) is 1.60. The Labute approximate surface area is 199 Å². The second kappa shape index (κ2) is 15.9. The Bertz CT molecular complexity index is 840. The molecule has 0 amide bonds. The van der Waals surface area contributed by atoms with Gasteiger partial charge < -0.3 is 19.6 Å². The van der Waals surface area contributed by atoms with Crippen molar-refractivity contribution in [3.05, 3.63) is 71.3 Å². The van der Waals surface area contributed by atoms with E-state index < -0.39 is 0 Å². The number of benzene rings is 2. The summed E-state index contributed by atoms with van der Waals surface area (Å²) < 4.78 is 11.8. The summed E-state index contributed by atoms with van der Waals surface area (Å²) in [5.74, 6) is 1.88. The van der Waals surface area contributed by atoms with Crippen LogP contribution < -0.4 is 14.8 Å². The lowest BCUT2D eigenvalue weighted by atomic mass is 10.1. The minimum Gasteiger partial charge on any atom is -0.493 e. The number of ether oxygens (including phenoxy) is 2. The number of nitrogens with one attached hydrogen (secondary N) is 1. The molecule has 0 atom stereocenters. The van der Waals surface area contributed by atoms with Crippen LogP contribution in [0.15, 0.2) is 59.8 Å². The van der Waals surface area contributed by atoms with Crippen LogP contribution in [0.1, 0.15) is 49.3 Å². The van der Waals surface area contributed by atoms with Gasteiger partial charge in [-0.15, -0.1) is 0 Å². The molecular formula is C28H40N2O3. The lowest BCUT2D eigenvalue weighted by molar-refractivity contribution is 0.212. The Kier molecular flexibility index (Phi) is 12.8. The molecule has 1 N–H and O–H groups in total. The molecule has 0 aliphatic rings. The van der Waals surface area contributed by atoms with E-state index in [2.05, 4.69) is 60.7 Å². The first kappa shape index (κ1) is 26.5. The molecule has 0 bridgehead atoms. The molecule has 2 aromatic carbocycles. The van der Waals surface area contributed by atoms with Crippen LogP contribution in [-0.2, 0) is 11.3 Å². The van der Waals surface area contributed by atoms with Gasteiger partial charge in [0, 0.05) is 13.0 Å². The molecule has 2 aromatic rings. The van der Waals surface area contributed by atoms with Crippen molar-refractivity contribution in [1.29, 1.82) is 0 Å². The summed E-state index contributed by atoms with van der Waals surface area (Å²) in [5.41, 5.74) is 4.51. The molecule has 0 saturated carbocycles. The van der Waals surface area contributed by atoms with Crippen LogP contribution in [0.5, 0.6) is 11.5 Å². The van der Waals surface area contributed by atoms with Crippen molar-refractivity contribution in [2.24, 2.45) is 5.16 Å². The third kappa shape index (κ3) is 10.6. The molecule has 0 radical (unpaired) electrons. The van der Waals surface area contributed by atoms with Gasteiger partial charge in [0.2, 0.25) is 0 Å². The lowest BCUT2D eigenvalue weighted by Gasteiger charge is -2.14. The first-order valence-electron chi connectivity index (χ1n) is 12.0. The van der Waals surface area contributed by atoms with E-state index in [4.69, 9.17) is 14.3 Å². The number of hydrogen-bond acceptors (Lipinski definition) is 5. The van der Waals surface area contributed by atoms with Crippen molar-refractivity contribution in [1.82, 2.24) is 5.32 Å². The fourth-order valence-corrected chi connectivity index (χ4v) is 3.66. The number of rotatable bonds is 16. The molecule has 0 spiro atoms. The van der Waals surface area contributed by atoms with Gasteiger partial charge in [-0.3, -0.25) is 0 Å². The highest BCUT2D eigenvalue weighted by atomic mass is 16.6. The van der Waals surface area contributed by atoms with Crippen molar-refractivity contribution >= 4 is 5.71 Å². The highest BCUT2D eigenvalue weighted by Crippen LogP contribution is 2.28. The van der Waals surface area contributed by atoms with Crippen LogP contribution in [-0.4, -0.2) is 39.1 Å². The van der Waals surface area contributed by atoms with Crippen LogP contribution >= 0.6 is 0 Å². The van der Waals surface area contributed by atoms with Crippen molar-refractivity contribution in [2.45, 2.75) is 52.9 Å². The predicted molar refractivity (Wildman–Crippen MR) is 138 cm³/mol. The van der Waals surface area contributed by atoms with Crippen LogP contribution in [0.3, 0.4) is 0 Å². The van der Waals surface area contributed by atoms with Crippen LogP contribution in [0.2, 0.25) is 0 Å². The molecule has 0 aliphatic carbocycles. The molecule has 0 heterocycles. The van der Waals surface area contributed by atoms with Crippen LogP contribution in [0.25, 0.3) is 0 Å². The summed E-state index contributed by atoms with van der Waals surface area (Å²) in [4.78, 5) is 5.00. The van der Waals surface area contributed by atoms with Gasteiger partial charge in [0.05, 0.1) is 12.3 Å². The molecule has 2 rings (SSSR count). The van der Waals surface area contributed by atoms with Crippen LogP contribution in [0.4, 0.5) is 0 Å². The van der Waals surface area contributed by atoms with E-state index in [1.807, 2.05) is 25.1 Å². The molecule has 0 aromatic heterocycles. The molecule has 0 saturated heterocycles. The van der Waals surface area contributed by atoms with Crippen molar-refractivity contribution in [3.8, 4) is 11.5 Å². The van der Waals surface area contributed by atoms with E-state index in [-0.39, 0.29) is 0 Å². The monoisotopic (exact) mass is 452 g/mol.